The molecule has 2 heteroatoms. The van der Waals surface area contributed by atoms with Gasteiger partial charge in [-0.25, -0.2) is 0 Å². The summed E-state index contributed by atoms with van der Waals surface area (Å²) in [5, 5.41) is 3.55. The average molecular weight is 229 g/mol. The lowest BCUT2D eigenvalue weighted by molar-refractivity contribution is -0.0564. The Morgan fingerprint density at radius 2 is 1.50 bits per heavy atom. The standard InChI is InChI=1S/C14H31NO/c1-11(2)14(7,8)16-10-9-13(5,6)15-12(3)4/h11-12,15H,9-10H2,1-8H3. The smallest absolute Gasteiger partial charge is 0.0649 e. The molecule has 0 spiro atoms. The molecule has 0 aliphatic carbocycles. The second-order valence-corrected chi connectivity index (χ2v) is 6.54. The van der Waals surface area contributed by atoms with Crippen molar-refractivity contribution < 1.29 is 4.74 Å². The Morgan fingerprint density at radius 1 is 1.00 bits per heavy atom. The molecule has 0 rings (SSSR count). The Balaban J connectivity index is 3.98. The Bertz CT molecular complexity index is 195. The summed E-state index contributed by atoms with van der Waals surface area (Å²) < 4.78 is 5.97. The van der Waals surface area contributed by atoms with E-state index in [0.717, 1.165) is 13.0 Å². The molecule has 0 bridgehead atoms. The second kappa shape index (κ2) is 6.02. The third-order valence-corrected chi connectivity index (χ3v) is 3.27. The van der Waals surface area contributed by atoms with Gasteiger partial charge >= 0.3 is 0 Å². The third-order valence-electron chi connectivity index (χ3n) is 3.27. The van der Waals surface area contributed by atoms with E-state index in [1.54, 1.807) is 0 Å². The summed E-state index contributed by atoms with van der Waals surface area (Å²) in [7, 11) is 0. The fourth-order valence-electron chi connectivity index (χ4n) is 1.59. The summed E-state index contributed by atoms with van der Waals surface area (Å²) in [4.78, 5) is 0. The SMILES string of the molecule is CC(C)NC(C)(C)CCOC(C)(C)C(C)C. The van der Waals surface area contributed by atoms with Gasteiger partial charge in [0.1, 0.15) is 0 Å². The number of rotatable bonds is 7. The molecule has 0 atom stereocenters. The summed E-state index contributed by atoms with van der Waals surface area (Å²) in [6, 6.07) is 0.521. The van der Waals surface area contributed by atoms with Gasteiger partial charge in [-0.05, 0) is 40.0 Å². The van der Waals surface area contributed by atoms with Gasteiger partial charge in [0.05, 0.1) is 5.60 Å². The highest BCUT2D eigenvalue weighted by Gasteiger charge is 2.25. The molecule has 0 aromatic carbocycles. The third kappa shape index (κ3) is 6.49. The van der Waals surface area contributed by atoms with E-state index in [1.165, 1.54) is 0 Å². The number of hydrogen-bond acceptors (Lipinski definition) is 2. The van der Waals surface area contributed by atoms with Crippen LogP contribution in [0.1, 0.15) is 61.8 Å². The first-order valence-electron chi connectivity index (χ1n) is 6.48. The number of hydrogen-bond donors (Lipinski definition) is 1. The predicted molar refractivity (Wildman–Crippen MR) is 71.8 cm³/mol. The Morgan fingerprint density at radius 3 is 1.88 bits per heavy atom. The Labute approximate surface area is 102 Å². The maximum atomic E-state index is 5.97. The first-order valence-corrected chi connectivity index (χ1v) is 6.48. The van der Waals surface area contributed by atoms with E-state index >= 15 is 0 Å². The molecule has 98 valence electrons. The van der Waals surface area contributed by atoms with Crippen molar-refractivity contribution in [3.05, 3.63) is 0 Å². The highest BCUT2D eigenvalue weighted by molar-refractivity contribution is 4.80. The second-order valence-electron chi connectivity index (χ2n) is 6.54. The largest absolute Gasteiger partial charge is 0.375 e. The van der Waals surface area contributed by atoms with Gasteiger partial charge in [0.2, 0.25) is 0 Å². The van der Waals surface area contributed by atoms with Crippen LogP contribution in [0.15, 0.2) is 0 Å². The fraction of sp³-hybridized carbons (Fsp3) is 1.00. The molecule has 2 nitrogen and oxygen atoms in total. The van der Waals surface area contributed by atoms with E-state index in [-0.39, 0.29) is 11.1 Å². The van der Waals surface area contributed by atoms with E-state index < -0.39 is 0 Å². The van der Waals surface area contributed by atoms with Crippen LogP contribution in [-0.2, 0) is 4.74 Å². The zero-order valence-electron chi connectivity index (χ0n) is 12.5. The molecule has 16 heavy (non-hydrogen) atoms. The molecular weight excluding hydrogens is 198 g/mol. The highest BCUT2D eigenvalue weighted by Crippen LogP contribution is 2.21. The maximum absolute atomic E-state index is 5.97. The van der Waals surface area contributed by atoms with Crippen LogP contribution in [0, 0.1) is 5.92 Å². The van der Waals surface area contributed by atoms with Crippen molar-refractivity contribution in [1.29, 1.82) is 0 Å². The first kappa shape index (κ1) is 15.9. The van der Waals surface area contributed by atoms with E-state index in [1.807, 2.05) is 0 Å². The number of ether oxygens (including phenoxy) is 1. The van der Waals surface area contributed by atoms with Gasteiger partial charge in [0.15, 0.2) is 0 Å². The van der Waals surface area contributed by atoms with Gasteiger partial charge in [-0.1, -0.05) is 27.7 Å². The Hall–Kier alpha value is -0.0800. The van der Waals surface area contributed by atoms with Crippen LogP contribution in [0.2, 0.25) is 0 Å². The van der Waals surface area contributed by atoms with E-state index in [0.29, 0.717) is 12.0 Å². The van der Waals surface area contributed by atoms with Crippen molar-refractivity contribution in [2.45, 2.75) is 79.0 Å². The molecule has 0 amide bonds. The van der Waals surface area contributed by atoms with Crippen LogP contribution in [0.5, 0.6) is 0 Å². The molecule has 0 saturated carbocycles. The van der Waals surface area contributed by atoms with E-state index in [2.05, 4.69) is 60.7 Å². The van der Waals surface area contributed by atoms with Gasteiger partial charge in [0, 0.05) is 18.2 Å². The lowest BCUT2D eigenvalue weighted by Crippen LogP contribution is -2.45. The topological polar surface area (TPSA) is 21.3 Å². The molecule has 0 aromatic heterocycles. The van der Waals surface area contributed by atoms with E-state index in [9.17, 15) is 0 Å². The minimum atomic E-state index is -0.0199. The summed E-state index contributed by atoms with van der Waals surface area (Å²) >= 11 is 0. The molecule has 0 aromatic rings. The molecule has 0 unspecified atom stereocenters. The van der Waals surface area contributed by atoms with Gasteiger partial charge < -0.3 is 10.1 Å². The lowest BCUT2D eigenvalue weighted by atomic mass is 9.94. The van der Waals surface area contributed by atoms with Crippen LogP contribution in [0.4, 0.5) is 0 Å². The quantitative estimate of drug-likeness (QED) is 0.720. The molecule has 0 fully saturated rings. The lowest BCUT2D eigenvalue weighted by Gasteiger charge is -2.33. The van der Waals surface area contributed by atoms with Crippen LogP contribution in [-0.4, -0.2) is 23.8 Å². The van der Waals surface area contributed by atoms with Gasteiger partial charge in [-0.15, -0.1) is 0 Å². The summed E-state index contributed by atoms with van der Waals surface area (Å²) in [5.74, 6) is 0.550. The molecular formula is C14H31NO. The zero-order chi connectivity index (χ0) is 13.0. The highest BCUT2D eigenvalue weighted by atomic mass is 16.5. The Kier molecular flexibility index (Phi) is 5.99. The summed E-state index contributed by atoms with van der Waals surface area (Å²) in [6.07, 6.45) is 1.04. The minimum absolute atomic E-state index is 0.0199. The van der Waals surface area contributed by atoms with Crippen LogP contribution in [0.25, 0.3) is 0 Å². The average Bonchev–Trinajstić information content (AvgIpc) is 1.99. The molecule has 0 saturated heterocycles. The summed E-state index contributed by atoms with van der Waals surface area (Å²) in [5.41, 5.74) is 0.134. The van der Waals surface area contributed by atoms with Crippen molar-refractivity contribution >= 4 is 0 Å². The molecule has 0 aliphatic heterocycles. The monoisotopic (exact) mass is 229 g/mol. The molecule has 0 aliphatic rings. The van der Waals surface area contributed by atoms with Gasteiger partial charge in [-0.2, -0.15) is 0 Å². The van der Waals surface area contributed by atoms with Gasteiger partial charge in [-0.3, -0.25) is 0 Å². The normalized spacial score (nSPS) is 13.9. The number of nitrogens with one attached hydrogen (secondary N) is 1. The van der Waals surface area contributed by atoms with Crippen molar-refractivity contribution in [3.63, 3.8) is 0 Å². The first-order chi connectivity index (χ1) is 7.07. The fourth-order valence-corrected chi connectivity index (χ4v) is 1.59. The minimum Gasteiger partial charge on any atom is -0.375 e. The van der Waals surface area contributed by atoms with E-state index in [4.69, 9.17) is 4.74 Å². The molecule has 1 N–H and O–H groups in total. The van der Waals surface area contributed by atoms with Crippen molar-refractivity contribution in [1.82, 2.24) is 5.32 Å². The zero-order valence-corrected chi connectivity index (χ0v) is 12.5. The van der Waals surface area contributed by atoms with Crippen molar-refractivity contribution in [2.75, 3.05) is 6.61 Å². The maximum Gasteiger partial charge on any atom is 0.0649 e. The van der Waals surface area contributed by atoms with Gasteiger partial charge in [0.25, 0.3) is 0 Å². The summed E-state index contributed by atoms with van der Waals surface area (Å²) in [6.45, 7) is 18.4. The molecule has 0 radical (unpaired) electrons. The van der Waals surface area contributed by atoms with Crippen LogP contribution in [0.3, 0.4) is 0 Å². The van der Waals surface area contributed by atoms with Crippen LogP contribution >= 0.6 is 0 Å². The van der Waals surface area contributed by atoms with Crippen molar-refractivity contribution in [2.24, 2.45) is 5.92 Å². The van der Waals surface area contributed by atoms with Crippen LogP contribution < -0.4 is 5.32 Å². The van der Waals surface area contributed by atoms with Crippen molar-refractivity contribution in [3.8, 4) is 0 Å². The molecule has 0 heterocycles. The predicted octanol–water partition coefficient (Wildman–Crippen LogP) is 3.60.